The molecule has 0 aliphatic heterocycles. The van der Waals surface area contributed by atoms with Gasteiger partial charge in [-0.15, -0.1) is 0 Å². The molecule has 11 heavy (non-hydrogen) atoms. The smallest absolute Gasteiger partial charge is 0.00148 e. The van der Waals surface area contributed by atoms with Gasteiger partial charge in [-0.2, -0.15) is 11.3 Å². The monoisotopic (exact) mass is 162 g/mol. The van der Waals surface area contributed by atoms with E-state index in [4.69, 9.17) is 0 Å². The van der Waals surface area contributed by atoms with E-state index in [9.17, 15) is 0 Å². The Morgan fingerprint density at radius 3 is 2.91 bits per heavy atom. The molecule has 0 saturated carbocycles. The maximum atomic E-state index is 2.29. The molecule has 0 fully saturated rings. The first-order valence-corrected chi connectivity index (χ1v) is 4.73. The normalized spacial score (nSPS) is 22.3. The van der Waals surface area contributed by atoms with Crippen molar-refractivity contribution in [2.45, 2.75) is 6.92 Å². The van der Waals surface area contributed by atoms with Crippen LogP contribution in [0.1, 0.15) is 12.5 Å². The first-order chi connectivity index (χ1) is 5.36. The van der Waals surface area contributed by atoms with Crippen molar-refractivity contribution in [1.82, 2.24) is 0 Å². The lowest BCUT2D eigenvalue weighted by molar-refractivity contribution is 0.959. The van der Waals surface area contributed by atoms with E-state index in [1.807, 2.05) is 0 Å². The summed E-state index contributed by atoms with van der Waals surface area (Å²) in [4.78, 5) is 0. The lowest BCUT2D eigenvalue weighted by atomic mass is 10.1. The topological polar surface area (TPSA) is 0 Å². The van der Waals surface area contributed by atoms with E-state index in [1.165, 1.54) is 11.1 Å². The Bertz CT molecular complexity index is 291. The summed E-state index contributed by atoms with van der Waals surface area (Å²) in [6.07, 6.45) is 6.72. The second-order valence-corrected chi connectivity index (χ2v) is 3.63. The summed E-state index contributed by atoms with van der Waals surface area (Å²) in [7, 11) is 0. The molecule has 0 saturated heterocycles. The van der Waals surface area contributed by atoms with E-state index < -0.39 is 0 Å². The molecule has 1 aliphatic carbocycles. The third kappa shape index (κ3) is 1.29. The van der Waals surface area contributed by atoms with Crippen molar-refractivity contribution in [1.29, 1.82) is 0 Å². The van der Waals surface area contributed by atoms with Gasteiger partial charge in [-0.3, -0.25) is 0 Å². The quantitative estimate of drug-likeness (QED) is 0.594. The molecule has 0 spiro atoms. The molecular formula is C10H10S. The van der Waals surface area contributed by atoms with E-state index in [1.54, 1.807) is 11.3 Å². The van der Waals surface area contributed by atoms with Crippen molar-refractivity contribution in [3.63, 3.8) is 0 Å². The molecule has 1 aromatic rings. The van der Waals surface area contributed by atoms with E-state index in [-0.39, 0.29) is 0 Å². The summed E-state index contributed by atoms with van der Waals surface area (Å²) >= 11 is 1.75. The lowest BCUT2D eigenvalue weighted by Gasteiger charge is -1.92. The number of hydrogen-bond donors (Lipinski definition) is 0. The second-order valence-electron chi connectivity index (χ2n) is 2.85. The minimum Gasteiger partial charge on any atom is -0.152 e. The molecule has 0 radical (unpaired) electrons. The van der Waals surface area contributed by atoms with Crippen molar-refractivity contribution in [3.05, 3.63) is 40.6 Å². The van der Waals surface area contributed by atoms with Crippen LogP contribution in [0.5, 0.6) is 0 Å². The Balaban J connectivity index is 2.33. The van der Waals surface area contributed by atoms with Crippen molar-refractivity contribution in [2.24, 2.45) is 5.92 Å². The maximum absolute atomic E-state index is 2.29. The third-order valence-electron chi connectivity index (χ3n) is 1.88. The van der Waals surface area contributed by atoms with Crippen LogP contribution >= 0.6 is 11.3 Å². The van der Waals surface area contributed by atoms with Gasteiger partial charge in [-0.1, -0.05) is 25.2 Å². The molecule has 56 valence electrons. The van der Waals surface area contributed by atoms with Gasteiger partial charge in [0.2, 0.25) is 0 Å². The Morgan fingerprint density at radius 1 is 1.45 bits per heavy atom. The fraction of sp³-hybridized carbons (Fsp3) is 0.200. The van der Waals surface area contributed by atoms with Crippen molar-refractivity contribution >= 4 is 16.9 Å². The van der Waals surface area contributed by atoms with Gasteiger partial charge < -0.3 is 0 Å². The molecule has 0 bridgehead atoms. The summed E-state index contributed by atoms with van der Waals surface area (Å²) < 4.78 is 0. The van der Waals surface area contributed by atoms with Crippen molar-refractivity contribution < 1.29 is 0 Å². The van der Waals surface area contributed by atoms with Crippen LogP contribution in [-0.2, 0) is 0 Å². The molecule has 2 rings (SSSR count). The molecule has 0 nitrogen and oxygen atoms in total. The largest absolute Gasteiger partial charge is 0.152 e. The van der Waals surface area contributed by atoms with Crippen LogP contribution in [0.15, 0.2) is 35.1 Å². The number of rotatable bonds is 1. The minimum atomic E-state index is 0.616. The van der Waals surface area contributed by atoms with Gasteiger partial charge in [0.1, 0.15) is 0 Å². The first-order valence-electron chi connectivity index (χ1n) is 3.79. The molecule has 1 aromatic heterocycles. The fourth-order valence-corrected chi connectivity index (χ4v) is 1.94. The molecule has 1 aliphatic rings. The zero-order chi connectivity index (χ0) is 7.68. The summed E-state index contributed by atoms with van der Waals surface area (Å²) in [5.74, 6) is 0.616. The van der Waals surface area contributed by atoms with E-state index in [2.05, 4.69) is 42.0 Å². The summed E-state index contributed by atoms with van der Waals surface area (Å²) in [6.45, 7) is 2.20. The summed E-state index contributed by atoms with van der Waals surface area (Å²) in [5.41, 5.74) is 2.73. The summed E-state index contributed by atoms with van der Waals surface area (Å²) in [6, 6.07) is 2.17. The average Bonchev–Trinajstić information content (AvgIpc) is 2.55. The van der Waals surface area contributed by atoms with Crippen LogP contribution < -0.4 is 0 Å². The number of hydrogen-bond acceptors (Lipinski definition) is 1. The van der Waals surface area contributed by atoms with E-state index in [0.29, 0.717) is 5.92 Å². The number of thiophene rings is 1. The Kier molecular flexibility index (Phi) is 1.66. The van der Waals surface area contributed by atoms with Gasteiger partial charge in [-0.05, 0) is 33.9 Å². The predicted octanol–water partition coefficient (Wildman–Crippen LogP) is 3.34. The van der Waals surface area contributed by atoms with E-state index in [0.717, 1.165) is 0 Å². The number of allylic oxidation sites excluding steroid dienone is 4. The van der Waals surface area contributed by atoms with Gasteiger partial charge in [0.05, 0.1) is 0 Å². The van der Waals surface area contributed by atoms with Crippen LogP contribution in [0.4, 0.5) is 0 Å². The Labute approximate surface area is 70.9 Å². The van der Waals surface area contributed by atoms with Crippen LogP contribution in [0, 0.1) is 5.92 Å². The Hall–Kier alpha value is -0.820. The molecule has 0 N–H and O–H groups in total. The molecule has 1 unspecified atom stereocenters. The van der Waals surface area contributed by atoms with Crippen molar-refractivity contribution in [2.75, 3.05) is 0 Å². The van der Waals surface area contributed by atoms with Gasteiger partial charge in [0.25, 0.3) is 0 Å². The molecule has 1 atom stereocenters. The predicted molar refractivity (Wildman–Crippen MR) is 50.6 cm³/mol. The fourth-order valence-electron chi connectivity index (χ4n) is 1.27. The SMILES string of the molecule is CC1C=CC(c2ccsc2)=C1. The maximum Gasteiger partial charge on any atom is -0.00148 e. The van der Waals surface area contributed by atoms with Crippen molar-refractivity contribution in [3.8, 4) is 0 Å². The standard InChI is InChI=1S/C10H10S/c1-8-2-3-9(6-8)10-4-5-11-7-10/h2-8H,1H3. The molecule has 0 amide bonds. The zero-order valence-electron chi connectivity index (χ0n) is 6.45. The average molecular weight is 162 g/mol. The summed E-state index contributed by atoms with van der Waals surface area (Å²) in [5, 5.41) is 4.31. The van der Waals surface area contributed by atoms with Crippen LogP contribution in [0.2, 0.25) is 0 Å². The lowest BCUT2D eigenvalue weighted by Crippen LogP contribution is -1.75. The zero-order valence-corrected chi connectivity index (χ0v) is 7.27. The highest BCUT2D eigenvalue weighted by Gasteiger charge is 2.05. The van der Waals surface area contributed by atoms with Crippen LogP contribution in [-0.4, -0.2) is 0 Å². The molecule has 1 heterocycles. The molecular weight excluding hydrogens is 152 g/mol. The Morgan fingerprint density at radius 2 is 2.36 bits per heavy atom. The van der Waals surface area contributed by atoms with Gasteiger partial charge >= 0.3 is 0 Å². The van der Waals surface area contributed by atoms with Gasteiger partial charge in [0, 0.05) is 0 Å². The second kappa shape index (κ2) is 2.67. The van der Waals surface area contributed by atoms with Crippen LogP contribution in [0.25, 0.3) is 5.57 Å². The van der Waals surface area contributed by atoms with E-state index >= 15 is 0 Å². The molecule has 0 aromatic carbocycles. The first kappa shape index (κ1) is 6.86. The minimum absolute atomic E-state index is 0.616. The highest BCUT2D eigenvalue weighted by Crippen LogP contribution is 2.25. The highest BCUT2D eigenvalue weighted by molar-refractivity contribution is 7.08. The van der Waals surface area contributed by atoms with Gasteiger partial charge in [-0.25, -0.2) is 0 Å². The third-order valence-corrected chi connectivity index (χ3v) is 2.56. The highest BCUT2D eigenvalue weighted by atomic mass is 32.1. The van der Waals surface area contributed by atoms with Crippen LogP contribution in [0.3, 0.4) is 0 Å². The molecule has 1 heteroatoms. The van der Waals surface area contributed by atoms with Gasteiger partial charge in [0.15, 0.2) is 0 Å².